The number of ether oxygens (including phenoxy) is 1. The molecule has 2 atom stereocenters. The smallest absolute Gasteiger partial charge is 0.123 e. The molecule has 104 valence electrons. The highest BCUT2D eigenvalue weighted by atomic mass is 19.1. The minimum absolute atomic E-state index is 0.124. The van der Waals surface area contributed by atoms with Crippen molar-refractivity contribution in [2.24, 2.45) is 0 Å². The summed E-state index contributed by atoms with van der Waals surface area (Å²) in [6, 6.07) is 15.0. The van der Waals surface area contributed by atoms with Crippen LogP contribution in [0.25, 0.3) is 0 Å². The van der Waals surface area contributed by atoms with Crippen LogP contribution < -0.4 is 10.1 Å². The molecule has 1 aliphatic heterocycles. The number of hydrogen-bond donors (Lipinski definition) is 1. The molecule has 20 heavy (non-hydrogen) atoms. The molecule has 0 saturated heterocycles. The Morgan fingerprint density at radius 3 is 2.95 bits per heavy atom. The van der Waals surface area contributed by atoms with Gasteiger partial charge in [0.05, 0.1) is 6.61 Å². The Morgan fingerprint density at radius 1 is 1.25 bits per heavy atom. The minimum atomic E-state index is -0.189. The lowest BCUT2D eigenvalue weighted by Gasteiger charge is -2.17. The highest BCUT2D eigenvalue weighted by Gasteiger charge is 2.23. The van der Waals surface area contributed by atoms with Crippen LogP contribution in [0, 0.1) is 5.82 Å². The van der Waals surface area contributed by atoms with Crippen LogP contribution in [0.3, 0.4) is 0 Å². The van der Waals surface area contributed by atoms with Crippen LogP contribution in [0.5, 0.6) is 5.75 Å². The van der Waals surface area contributed by atoms with E-state index in [9.17, 15) is 4.39 Å². The second-order valence-electron chi connectivity index (χ2n) is 5.23. The van der Waals surface area contributed by atoms with E-state index in [0.29, 0.717) is 12.5 Å². The number of halogens is 1. The van der Waals surface area contributed by atoms with Crippen molar-refractivity contribution in [3.05, 3.63) is 65.5 Å². The van der Waals surface area contributed by atoms with Crippen molar-refractivity contribution in [2.75, 3.05) is 13.2 Å². The third kappa shape index (κ3) is 2.68. The maximum absolute atomic E-state index is 13.2. The normalized spacial score (nSPS) is 18.4. The molecule has 0 bridgehead atoms. The highest BCUT2D eigenvalue weighted by molar-refractivity contribution is 5.39. The largest absolute Gasteiger partial charge is 0.493 e. The van der Waals surface area contributed by atoms with Gasteiger partial charge in [0, 0.05) is 24.1 Å². The molecule has 0 aromatic heterocycles. The van der Waals surface area contributed by atoms with Crippen molar-refractivity contribution in [3.8, 4) is 5.75 Å². The molecule has 0 spiro atoms. The third-order valence-corrected chi connectivity index (χ3v) is 3.82. The number of fused-ring (bicyclic) bond motifs is 1. The fraction of sp³-hybridized carbons (Fsp3) is 0.294. The first-order chi connectivity index (χ1) is 9.74. The first-order valence-corrected chi connectivity index (χ1v) is 6.94. The van der Waals surface area contributed by atoms with E-state index in [1.807, 2.05) is 24.3 Å². The number of nitrogens with one attached hydrogen (secondary N) is 1. The van der Waals surface area contributed by atoms with E-state index >= 15 is 0 Å². The average molecular weight is 271 g/mol. The number of hydrogen-bond acceptors (Lipinski definition) is 2. The predicted octanol–water partition coefficient (Wildman–Crippen LogP) is 3.65. The summed E-state index contributed by atoms with van der Waals surface area (Å²) in [5, 5.41) is 3.46. The Bertz CT molecular complexity index is 599. The molecule has 0 aliphatic carbocycles. The van der Waals surface area contributed by atoms with Gasteiger partial charge < -0.3 is 10.1 Å². The zero-order chi connectivity index (χ0) is 13.9. The van der Waals surface area contributed by atoms with Crippen molar-refractivity contribution in [3.63, 3.8) is 0 Å². The fourth-order valence-electron chi connectivity index (χ4n) is 2.61. The zero-order valence-corrected chi connectivity index (χ0v) is 11.5. The fourth-order valence-corrected chi connectivity index (χ4v) is 2.61. The van der Waals surface area contributed by atoms with Crippen molar-refractivity contribution < 1.29 is 9.13 Å². The predicted molar refractivity (Wildman–Crippen MR) is 77.5 cm³/mol. The average Bonchev–Trinajstić information content (AvgIpc) is 2.88. The Kier molecular flexibility index (Phi) is 3.70. The summed E-state index contributed by atoms with van der Waals surface area (Å²) in [6.45, 7) is 3.59. The summed E-state index contributed by atoms with van der Waals surface area (Å²) in [6.07, 6.45) is 0. The Balaban J connectivity index is 1.63. The highest BCUT2D eigenvalue weighted by Crippen LogP contribution is 2.33. The van der Waals surface area contributed by atoms with E-state index in [-0.39, 0.29) is 11.9 Å². The summed E-state index contributed by atoms with van der Waals surface area (Å²) in [5.74, 6) is 1.16. The van der Waals surface area contributed by atoms with Crippen LogP contribution >= 0.6 is 0 Å². The van der Waals surface area contributed by atoms with Crippen LogP contribution in [-0.4, -0.2) is 13.2 Å². The van der Waals surface area contributed by atoms with Gasteiger partial charge in [-0.25, -0.2) is 4.39 Å². The molecule has 1 aliphatic rings. The van der Waals surface area contributed by atoms with Crippen molar-refractivity contribution in [1.29, 1.82) is 0 Å². The van der Waals surface area contributed by atoms with Gasteiger partial charge in [-0.1, -0.05) is 30.3 Å². The monoisotopic (exact) mass is 271 g/mol. The van der Waals surface area contributed by atoms with Gasteiger partial charge in [0.1, 0.15) is 11.6 Å². The van der Waals surface area contributed by atoms with Gasteiger partial charge in [0.2, 0.25) is 0 Å². The van der Waals surface area contributed by atoms with Crippen molar-refractivity contribution >= 4 is 0 Å². The standard InChI is InChI=1S/C17H18FNO/c1-12(13-5-4-6-15(18)9-13)19-10-14-11-20-17-8-3-2-7-16(14)17/h2-9,12,14,19H,10-11H2,1H3/t12-,14?/m1/s1. The van der Waals surface area contributed by atoms with Crippen LogP contribution in [0.2, 0.25) is 0 Å². The van der Waals surface area contributed by atoms with Crippen LogP contribution in [0.15, 0.2) is 48.5 Å². The van der Waals surface area contributed by atoms with Gasteiger partial charge in [-0.2, -0.15) is 0 Å². The summed E-state index contributed by atoms with van der Waals surface area (Å²) in [7, 11) is 0. The lowest BCUT2D eigenvalue weighted by molar-refractivity contribution is 0.323. The van der Waals surface area contributed by atoms with E-state index in [0.717, 1.165) is 17.9 Å². The molecule has 1 N–H and O–H groups in total. The minimum Gasteiger partial charge on any atom is -0.493 e. The van der Waals surface area contributed by atoms with Gasteiger partial charge in [-0.05, 0) is 30.7 Å². The van der Waals surface area contributed by atoms with E-state index < -0.39 is 0 Å². The molecule has 1 heterocycles. The molecule has 2 aromatic carbocycles. The van der Waals surface area contributed by atoms with Gasteiger partial charge in [0.15, 0.2) is 0 Å². The second-order valence-corrected chi connectivity index (χ2v) is 5.23. The Morgan fingerprint density at radius 2 is 2.10 bits per heavy atom. The lowest BCUT2D eigenvalue weighted by atomic mass is 10.0. The van der Waals surface area contributed by atoms with Gasteiger partial charge in [-0.3, -0.25) is 0 Å². The molecular formula is C17H18FNO. The third-order valence-electron chi connectivity index (χ3n) is 3.82. The first kappa shape index (κ1) is 13.1. The molecule has 1 unspecified atom stereocenters. The summed E-state index contributed by atoms with van der Waals surface area (Å²) in [5.41, 5.74) is 2.23. The molecule has 0 amide bonds. The second kappa shape index (κ2) is 5.63. The molecule has 0 radical (unpaired) electrons. The van der Waals surface area contributed by atoms with E-state index in [2.05, 4.69) is 18.3 Å². The molecule has 0 saturated carbocycles. The number of benzene rings is 2. The molecule has 0 fully saturated rings. The quantitative estimate of drug-likeness (QED) is 0.916. The van der Waals surface area contributed by atoms with Crippen LogP contribution in [-0.2, 0) is 0 Å². The lowest BCUT2D eigenvalue weighted by Crippen LogP contribution is -2.25. The zero-order valence-electron chi connectivity index (χ0n) is 11.5. The number of para-hydroxylation sites is 1. The van der Waals surface area contributed by atoms with E-state index in [1.54, 1.807) is 12.1 Å². The maximum atomic E-state index is 13.2. The van der Waals surface area contributed by atoms with E-state index in [4.69, 9.17) is 4.74 Å². The van der Waals surface area contributed by atoms with Gasteiger partial charge in [0.25, 0.3) is 0 Å². The van der Waals surface area contributed by atoms with Crippen molar-refractivity contribution in [1.82, 2.24) is 5.32 Å². The topological polar surface area (TPSA) is 21.3 Å². The SMILES string of the molecule is C[C@@H](NCC1COc2ccccc21)c1cccc(F)c1. The van der Waals surface area contributed by atoms with Gasteiger partial charge >= 0.3 is 0 Å². The van der Waals surface area contributed by atoms with Gasteiger partial charge in [-0.15, -0.1) is 0 Å². The van der Waals surface area contributed by atoms with Crippen LogP contribution in [0.1, 0.15) is 30.0 Å². The molecular weight excluding hydrogens is 253 g/mol. The van der Waals surface area contributed by atoms with Crippen molar-refractivity contribution in [2.45, 2.75) is 18.9 Å². The summed E-state index contributed by atoms with van der Waals surface area (Å²) < 4.78 is 18.9. The molecule has 2 nitrogen and oxygen atoms in total. The summed E-state index contributed by atoms with van der Waals surface area (Å²) >= 11 is 0. The Hall–Kier alpha value is -1.87. The molecule has 3 rings (SSSR count). The Labute approximate surface area is 118 Å². The van der Waals surface area contributed by atoms with E-state index in [1.165, 1.54) is 11.6 Å². The molecule has 3 heteroatoms. The summed E-state index contributed by atoms with van der Waals surface area (Å²) in [4.78, 5) is 0. The maximum Gasteiger partial charge on any atom is 0.123 e. The molecule has 2 aromatic rings. The number of rotatable bonds is 4. The first-order valence-electron chi connectivity index (χ1n) is 6.94. The van der Waals surface area contributed by atoms with Crippen LogP contribution in [0.4, 0.5) is 4.39 Å².